The van der Waals surface area contributed by atoms with Crippen molar-refractivity contribution < 1.29 is 17.6 Å². The van der Waals surface area contributed by atoms with E-state index in [2.05, 4.69) is 19.2 Å². The number of piperidine rings is 1. The Kier molecular flexibility index (Phi) is 6.70. The third-order valence-corrected chi connectivity index (χ3v) is 7.30. The van der Waals surface area contributed by atoms with Crippen molar-refractivity contribution in [2.24, 2.45) is 5.92 Å². The average Bonchev–Trinajstić information content (AvgIpc) is 2.73. The molecule has 3 rings (SSSR count). The number of sulfonamides is 1. The molecule has 1 amide bonds. The molecule has 0 aromatic heterocycles. The molecule has 0 spiro atoms. The Morgan fingerprint density at radius 1 is 1.07 bits per heavy atom. The van der Waals surface area contributed by atoms with E-state index in [9.17, 15) is 17.6 Å². The van der Waals surface area contributed by atoms with E-state index in [0.29, 0.717) is 43.3 Å². The minimum atomic E-state index is -3.55. The molecule has 29 heavy (non-hydrogen) atoms. The average molecular weight is 419 g/mol. The highest BCUT2D eigenvalue weighted by atomic mass is 32.2. The molecule has 0 unspecified atom stereocenters. The van der Waals surface area contributed by atoms with Gasteiger partial charge in [0.2, 0.25) is 15.9 Å². The molecule has 2 aromatic rings. The summed E-state index contributed by atoms with van der Waals surface area (Å²) in [5.41, 5.74) is 1.92. The van der Waals surface area contributed by atoms with Crippen molar-refractivity contribution in [3.63, 3.8) is 0 Å². The second-order valence-electron chi connectivity index (χ2n) is 7.75. The van der Waals surface area contributed by atoms with Crippen molar-refractivity contribution in [2.45, 2.75) is 44.0 Å². The molecule has 1 saturated heterocycles. The second kappa shape index (κ2) is 9.05. The van der Waals surface area contributed by atoms with Gasteiger partial charge < -0.3 is 5.32 Å². The maximum absolute atomic E-state index is 12.9. The highest BCUT2D eigenvalue weighted by Gasteiger charge is 2.32. The van der Waals surface area contributed by atoms with Crippen molar-refractivity contribution in [1.29, 1.82) is 0 Å². The number of halogens is 1. The van der Waals surface area contributed by atoms with Crippen molar-refractivity contribution in [3.8, 4) is 0 Å². The quantitative estimate of drug-likeness (QED) is 0.778. The Morgan fingerprint density at radius 3 is 2.21 bits per heavy atom. The van der Waals surface area contributed by atoms with Crippen molar-refractivity contribution >= 4 is 15.9 Å². The summed E-state index contributed by atoms with van der Waals surface area (Å²) in [4.78, 5) is 12.7. The first kappa shape index (κ1) is 21.5. The van der Waals surface area contributed by atoms with Crippen LogP contribution in [0, 0.1) is 11.7 Å². The van der Waals surface area contributed by atoms with E-state index in [4.69, 9.17) is 0 Å². The molecule has 7 heteroatoms. The number of hydrogen-bond donors (Lipinski definition) is 1. The van der Waals surface area contributed by atoms with Crippen LogP contribution in [0.15, 0.2) is 53.4 Å². The van der Waals surface area contributed by atoms with Crippen LogP contribution in [0.5, 0.6) is 0 Å². The summed E-state index contributed by atoms with van der Waals surface area (Å²) >= 11 is 0. The Morgan fingerprint density at radius 2 is 1.66 bits per heavy atom. The van der Waals surface area contributed by atoms with Crippen LogP contribution in [0.2, 0.25) is 0 Å². The lowest BCUT2D eigenvalue weighted by Crippen LogP contribution is -2.42. The fourth-order valence-electron chi connectivity index (χ4n) is 3.47. The first-order valence-corrected chi connectivity index (χ1v) is 11.3. The number of nitrogens with one attached hydrogen (secondary N) is 1. The van der Waals surface area contributed by atoms with E-state index in [-0.39, 0.29) is 17.6 Å². The zero-order valence-electron chi connectivity index (χ0n) is 16.8. The van der Waals surface area contributed by atoms with Crippen molar-refractivity contribution in [1.82, 2.24) is 9.62 Å². The SMILES string of the molecule is CC(C)c1ccc(S(=O)(=O)N2CCC(C(=O)NCc3ccc(F)cc3)CC2)cc1. The minimum absolute atomic E-state index is 0.0901. The normalized spacial score (nSPS) is 16.1. The van der Waals surface area contributed by atoms with Gasteiger partial charge in [-0.15, -0.1) is 0 Å². The highest BCUT2D eigenvalue weighted by molar-refractivity contribution is 7.89. The Bertz CT molecular complexity index is 933. The molecule has 0 radical (unpaired) electrons. The lowest BCUT2D eigenvalue weighted by molar-refractivity contribution is -0.126. The number of nitrogens with zero attached hydrogens (tertiary/aromatic N) is 1. The van der Waals surface area contributed by atoms with Crippen molar-refractivity contribution in [2.75, 3.05) is 13.1 Å². The summed E-state index contributed by atoms with van der Waals surface area (Å²) in [7, 11) is -3.55. The zero-order valence-corrected chi connectivity index (χ0v) is 17.6. The molecule has 0 bridgehead atoms. The van der Waals surface area contributed by atoms with Gasteiger partial charge in [-0.2, -0.15) is 4.31 Å². The van der Waals surface area contributed by atoms with Crippen LogP contribution in [-0.2, 0) is 21.4 Å². The lowest BCUT2D eigenvalue weighted by Gasteiger charge is -2.30. The third-order valence-electron chi connectivity index (χ3n) is 5.39. The van der Waals surface area contributed by atoms with E-state index in [1.165, 1.54) is 16.4 Å². The predicted octanol–water partition coefficient (Wildman–Crippen LogP) is 3.67. The maximum Gasteiger partial charge on any atom is 0.243 e. The molecule has 5 nitrogen and oxygen atoms in total. The molecule has 1 aliphatic rings. The smallest absolute Gasteiger partial charge is 0.243 e. The minimum Gasteiger partial charge on any atom is -0.352 e. The van der Waals surface area contributed by atoms with Gasteiger partial charge >= 0.3 is 0 Å². The molecular formula is C22H27FN2O3S. The molecule has 0 saturated carbocycles. The Balaban J connectivity index is 1.54. The molecule has 1 fully saturated rings. The van der Waals surface area contributed by atoms with E-state index < -0.39 is 10.0 Å². The van der Waals surface area contributed by atoms with Crippen LogP contribution in [0.4, 0.5) is 4.39 Å². The first-order chi connectivity index (χ1) is 13.8. The number of carbonyl (C=O) groups excluding carboxylic acids is 1. The number of hydrogen-bond acceptors (Lipinski definition) is 3. The van der Waals surface area contributed by atoms with Crippen LogP contribution in [-0.4, -0.2) is 31.7 Å². The van der Waals surface area contributed by atoms with Gasteiger partial charge in [0.1, 0.15) is 5.82 Å². The van der Waals surface area contributed by atoms with Gasteiger partial charge in [0.15, 0.2) is 0 Å². The summed E-state index contributed by atoms with van der Waals surface area (Å²) in [5.74, 6) is -0.277. The highest BCUT2D eigenvalue weighted by Crippen LogP contribution is 2.25. The van der Waals surface area contributed by atoms with Gasteiger partial charge in [-0.3, -0.25) is 4.79 Å². The Hall–Kier alpha value is -2.25. The fraction of sp³-hybridized carbons (Fsp3) is 0.409. The molecule has 1 aliphatic heterocycles. The molecule has 0 atom stereocenters. The zero-order chi connectivity index (χ0) is 21.0. The van der Waals surface area contributed by atoms with Crippen LogP contribution < -0.4 is 5.32 Å². The largest absolute Gasteiger partial charge is 0.352 e. The van der Waals surface area contributed by atoms with E-state index >= 15 is 0 Å². The Labute approximate surface area is 172 Å². The maximum atomic E-state index is 12.9. The summed E-state index contributed by atoms with van der Waals surface area (Å²) in [6.45, 7) is 5.11. The number of rotatable bonds is 6. The monoisotopic (exact) mass is 418 g/mol. The van der Waals surface area contributed by atoms with Crippen LogP contribution in [0.25, 0.3) is 0 Å². The summed E-state index contributed by atoms with van der Waals surface area (Å²) in [6.07, 6.45) is 0.969. The summed E-state index contributed by atoms with van der Waals surface area (Å²) in [5, 5.41) is 2.86. The van der Waals surface area contributed by atoms with Crippen LogP contribution >= 0.6 is 0 Å². The molecule has 1 N–H and O–H groups in total. The number of benzene rings is 2. The van der Waals surface area contributed by atoms with Gasteiger partial charge in [0.25, 0.3) is 0 Å². The van der Waals surface area contributed by atoms with Crippen LogP contribution in [0.1, 0.15) is 43.7 Å². The number of amides is 1. The molecule has 2 aromatic carbocycles. The molecule has 0 aliphatic carbocycles. The molecular weight excluding hydrogens is 391 g/mol. The molecule has 1 heterocycles. The van der Waals surface area contributed by atoms with Gasteiger partial charge in [0.05, 0.1) is 4.90 Å². The summed E-state index contributed by atoms with van der Waals surface area (Å²) in [6, 6.07) is 13.0. The standard InChI is InChI=1S/C22H27FN2O3S/c1-16(2)18-5-9-21(10-6-18)29(27,28)25-13-11-19(12-14-25)22(26)24-15-17-3-7-20(23)8-4-17/h3-10,16,19H,11-15H2,1-2H3,(H,24,26). The number of carbonyl (C=O) groups is 1. The predicted molar refractivity (Wildman–Crippen MR) is 110 cm³/mol. The summed E-state index contributed by atoms with van der Waals surface area (Å²) < 4.78 is 40.2. The van der Waals surface area contributed by atoms with E-state index in [0.717, 1.165) is 11.1 Å². The first-order valence-electron chi connectivity index (χ1n) is 9.89. The van der Waals surface area contributed by atoms with E-state index in [1.54, 1.807) is 24.3 Å². The van der Waals surface area contributed by atoms with Gasteiger partial charge in [-0.1, -0.05) is 38.1 Å². The second-order valence-corrected chi connectivity index (χ2v) is 9.68. The molecule has 156 valence electrons. The van der Waals surface area contributed by atoms with Crippen molar-refractivity contribution in [3.05, 3.63) is 65.5 Å². The van der Waals surface area contributed by atoms with Gasteiger partial charge in [-0.05, 0) is 54.2 Å². The van der Waals surface area contributed by atoms with Crippen LogP contribution in [0.3, 0.4) is 0 Å². The topological polar surface area (TPSA) is 66.5 Å². The van der Waals surface area contributed by atoms with E-state index in [1.807, 2.05) is 12.1 Å². The van der Waals surface area contributed by atoms with Gasteiger partial charge in [-0.25, -0.2) is 12.8 Å². The van der Waals surface area contributed by atoms with Gasteiger partial charge in [0, 0.05) is 25.6 Å². The fourth-order valence-corrected chi connectivity index (χ4v) is 4.94. The third kappa shape index (κ3) is 5.22. The lowest BCUT2D eigenvalue weighted by atomic mass is 9.97.